The van der Waals surface area contributed by atoms with Crippen LogP contribution in [-0.4, -0.2) is 26.3 Å². The van der Waals surface area contributed by atoms with E-state index in [1.165, 1.54) is 10.4 Å². The molecule has 0 radical (unpaired) electrons. The highest BCUT2D eigenvalue weighted by Crippen LogP contribution is 2.29. The topological polar surface area (TPSA) is 37.4 Å². The fraction of sp³-hybridized carbons (Fsp3) is 0.500. The van der Waals surface area contributed by atoms with Crippen molar-refractivity contribution >= 4 is 33.2 Å². The van der Waals surface area contributed by atoms with E-state index in [1.54, 1.807) is 20.0 Å². The molecule has 0 amide bonds. The first-order chi connectivity index (χ1) is 8.30. The molecule has 0 aliphatic heterocycles. The Balaban J connectivity index is 3.16. The fourth-order valence-electron chi connectivity index (χ4n) is 1.57. The van der Waals surface area contributed by atoms with E-state index < -0.39 is 10.0 Å². The Bertz CT molecular complexity index is 529. The third-order valence-electron chi connectivity index (χ3n) is 2.73. The van der Waals surface area contributed by atoms with Crippen LogP contribution in [-0.2, 0) is 10.0 Å². The number of hydrogen-bond acceptors (Lipinski definition) is 2. The molecule has 18 heavy (non-hydrogen) atoms. The second kappa shape index (κ2) is 6.24. The summed E-state index contributed by atoms with van der Waals surface area (Å²) in [5.74, 6) is 0. The van der Waals surface area contributed by atoms with Crippen molar-refractivity contribution in [1.29, 1.82) is 0 Å². The van der Waals surface area contributed by atoms with Gasteiger partial charge in [0.1, 0.15) is 0 Å². The first-order valence-electron chi connectivity index (χ1n) is 5.72. The van der Waals surface area contributed by atoms with Crippen molar-refractivity contribution < 1.29 is 8.42 Å². The lowest BCUT2D eigenvalue weighted by Gasteiger charge is -2.18. The zero-order valence-corrected chi connectivity index (χ0v) is 13.0. The minimum atomic E-state index is -3.49. The van der Waals surface area contributed by atoms with E-state index in [-0.39, 0.29) is 9.92 Å². The summed E-state index contributed by atoms with van der Waals surface area (Å²) in [7, 11) is -1.91. The molecule has 0 unspecified atom stereocenters. The van der Waals surface area contributed by atoms with E-state index in [2.05, 4.69) is 0 Å². The molecule has 0 bridgehead atoms. The first kappa shape index (κ1) is 15.8. The molecule has 0 saturated carbocycles. The molecule has 6 heteroatoms. The van der Waals surface area contributed by atoms with E-state index in [9.17, 15) is 8.42 Å². The molecular formula is C12H17Cl2NO2S. The van der Waals surface area contributed by atoms with Crippen LogP contribution in [0.1, 0.15) is 25.3 Å². The molecule has 0 fully saturated rings. The Morgan fingerprint density at radius 2 is 1.78 bits per heavy atom. The summed E-state index contributed by atoms with van der Waals surface area (Å²) in [6.07, 6.45) is 1.77. The molecule has 1 aromatic carbocycles. The van der Waals surface area contributed by atoms with Gasteiger partial charge in [0.2, 0.25) is 10.0 Å². The van der Waals surface area contributed by atoms with E-state index in [1.807, 2.05) is 6.92 Å². The van der Waals surface area contributed by atoms with E-state index in [0.717, 1.165) is 12.8 Å². The molecule has 0 aliphatic rings. The fourth-order valence-corrected chi connectivity index (χ4v) is 3.46. The molecule has 0 heterocycles. The summed E-state index contributed by atoms with van der Waals surface area (Å²) in [5.41, 5.74) is 0.604. The van der Waals surface area contributed by atoms with Crippen LogP contribution in [0.5, 0.6) is 0 Å². The zero-order valence-electron chi connectivity index (χ0n) is 10.7. The lowest BCUT2D eigenvalue weighted by molar-refractivity contribution is 0.459. The smallest absolute Gasteiger partial charge is 0.207 e. The van der Waals surface area contributed by atoms with Crippen molar-refractivity contribution in [2.45, 2.75) is 31.6 Å². The summed E-state index contributed by atoms with van der Waals surface area (Å²) >= 11 is 11.7. The summed E-state index contributed by atoms with van der Waals surface area (Å²) in [5, 5.41) is 0.620. The van der Waals surface area contributed by atoms with E-state index in [4.69, 9.17) is 23.2 Å². The minimum absolute atomic E-state index is 0.218. The van der Waals surface area contributed by atoms with Crippen LogP contribution < -0.4 is 0 Å². The Hall–Kier alpha value is -0.290. The number of aryl methyl sites for hydroxylation is 1. The highest BCUT2D eigenvalue weighted by molar-refractivity contribution is 7.89. The van der Waals surface area contributed by atoms with Crippen molar-refractivity contribution in [1.82, 2.24) is 4.31 Å². The van der Waals surface area contributed by atoms with Gasteiger partial charge in [-0.1, -0.05) is 36.5 Å². The lowest BCUT2D eigenvalue weighted by Crippen LogP contribution is -2.28. The van der Waals surface area contributed by atoms with Gasteiger partial charge in [0.05, 0.1) is 14.9 Å². The van der Waals surface area contributed by atoms with Gasteiger partial charge in [-0.15, -0.1) is 0 Å². The maximum Gasteiger partial charge on any atom is 0.243 e. The summed E-state index contributed by atoms with van der Waals surface area (Å²) in [6.45, 7) is 4.23. The summed E-state index contributed by atoms with van der Waals surface area (Å²) in [4.78, 5) is 0.218. The van der Waals surface area contributed by atoms with Crippen LogP contribution in [0.15, 0.2) is 17.0 Å². The first-order valence-corrected chi connectivity index (χ1v) is 7.92. The minimum Gasteiger partial charge on any atom is -0.207 e. The van der Waals surface area contributed by atoms with Crippen molar-refractivity contribution in [3.05, 3.63) is 27.7 Å². The average molecular weight is 310 g/mol. The van der Waals surface area contributed by atoms with Crippen LogP contribution in [0.4, 0.5) is 0 Å². The van der Waals surface area contributed by atoms with Gasteiger partial charge in [-0.3, -0.25) is 0 Å². The molecule has 102 valence electrons. The number of nitrogens with zero attached hydrogens (tertiary/aromatic N) is 1. The zero-order chi connectivity index (χ0) is 13.9. The maximum absolute atomic E-state index is 12.3. The monoisotopic (exact) mass is 309 g/mol. The van der Waals surface area contributed by atoms with Gasteiger partial charge in [0, 0.05) is 13.6 Å². The van der Waals surface area contributed by atoms with Gasteiger partial charge < -0.3 is 0 Å². The van der Waals surface area contributed by atoms with Gasteiger partial charge >= 0.3 is 0 Å². The van der Waals surface area contributed by atoms with Gasteiger partial charge in [-0.05, 0) is 31.0 Å². The van der Waals surface area contributed by atoms with Crippen molar-refractivity contribution in [2.75, 3.05) is 13.6 Å². The normalized spacial score (nSPS) is 12.1. The average Bonchev–Trinajstić information content (AvgIpc) is 2.30. The number of unbranched alkanes of at least 4 members (excludes halogenated alkanes) is 1. The molecule has 0 aromatic heterocycles. The van der Waals surface area contributed by atoms with Gasteiger partial charge in [0.25, 0.3) is 0 Å². The molecule has 1 rings (SSSR count). The molecular weight excluding hydrogens is 293 g/mol. The second-order valence-electron chi connectivity index (χ2n) is 4.21. The molecule has 0 N–H and O–H groups in total. The lowest BCUT2D eigenvalue weighted by atomic mass is 10.2. The Labute approximate surface area is 119 Å². The number of halogens is 2. The molecule has 0 spiro atoms. The number of sulfonamides is 1. The molecule has 3 nitrogen and oxygen atoms in total. The molecule has 0 saturated heterocycles. The van der Waals surface area contributed by atoms with Crippen LogP contribution >= 0.6 is 23.2 Å². The molecule has 0 aliphatic carbocycles. The predicted molar refractivity (Wildman–Crippen MR) is 75.9 cm³/mol. The van der Waals surface area contributed by atoms with Gasteiger partial charge in [0.15, 0.2) is 0 Å². The van der Waals surface area contributed by atoms with Crippen molar-refractivity contribution in [2.24, 2.45) is 0 Å². The standard InChI is InChI=1S/C12H17Cl2NO2S/c1-4-5-6-15(3)18(16,17)12-8-11(14)10(13)7-9(12)2/h7-8H,4-6H2,1-3H3. The Morgan fingerprint density at radius 3 is 2.33 bits per heavy atom. The molecule has 1 aromatic rings. The predicted octanol–water partition coefficient (Wildman–Crippen LogP) is 3.72. The van der Waals surface area contributed by atoms with Crippen molar-refractivity contribution in [3.63, 3.8) is 0 Å². The second-order valence-corrected chi connectivity index (χ2v) is 7.04. The largest absolute Gasteiger partial charge is 0.243 e. The van der Waals surface area contributed by atoms with Crippen LogP contribution in [0.2, 0.25) is 10.0 Å². The van der Waals surface area contributed by atoms with Crippen LogP contribution in [0.25, 0.3) is 0 Å². The van der Waals surface area contributed by atoms with Gasteiger partial charge in [-0.2, -0.15) is 0 Å². The maximum atomic E-state index is 12.3. The van der Waals surface area contributed by atoms with Gasteiger partial charge in [-0.25, -0.2) is 12.7 Å². The quantitative estimate of drug-likeness (QED) is 0.831. The number of hydrogen-bond donors (Lipinski definition) is 0. The van der Waals surface area contributed by atoms with E-state index in [0.29, 0.717) is 17.1 Å². The third-order valence-corrected chi connectivity index (χ3v) is 5.45. The highest BCUT2D eigenvalue weighted by atomic mass is 35.5. The van der Waals surface area contributed by atoms with Crippen LogP contribution in [0.3, 0.4) is 0 Å². The summed E-state index contributed by atoms with van der Waals surface area (Å²) < 4.78 is 26.0. The third kappa shape index (κ3) is 3.38. The Kier molecular flexibility index (Phi) is 5.46. The van der Waals surface area contributed by atoms with E-state index >= 15 is 0 Å². The number of rotatable bonds is 5. The van der Waals surface area contributed by atoms with Crippen molar-refractivity contribution in [3.8, 4) is 0 Å². The molecule has 0 atom stereocenters. The SMILES string of the molecule is CCCCN(C)S(=O)(=O)c1cc(Cl)c(Cl)cc1C. The Morgan fingerprint density at radius 1 is 1.22 bits per heavy atom. The number of benzene rings is 1. The summed E-state index contributed by atoms with van der Waals surface area (Å²) in [6, 6.07) is 2.99. The van der Waals surface area contributed by atoms with Crippen LogP contribution in [0, 0.1) is 6.92 Å². The highest BCUT2D eigenvalue weighted by Gasteiger charge is 2.23.